The Morgan fingerprint density at radius 2 is 1.96 bits per heavy atom. The molecule has 0 aliphatic rings. The van der Waals surface area contributed by atoms with Crippen LogP contribution in [-0.2, 0) is 6.61 Å². The van der Waals surface area contributed by atoms with Gasteiger partial charge in [0.1, 0.15) is 12.4 Å². The Hall–Kier alpha value is -3.22. The zero-order valence-corrected chi connectivity index (χ0v) is 15.9. The lowest BCUT2D eigenvalue weighted by Crippen LogP contribution is -2.13. The van der Waals surface area contributed by atoms with Crippen molar-refractivity contribution in [1.29, 1.82) is 0 Å². The summed E-state index contributed by atoms with van der Waals surface area (Å²) in [6.07, 6.45) is 0. The molecule has 0 unspecified atom stereocenters. The third kappa shape index (κ3) is 4.31. The predicted octanol–water partition coefficient (Wildman–Crippen LogP) is 3.70. The number of nitrogens with one attached hydrogen (secondary N) is 1. The minimum atomic E-state index is -0.179. The SMILES string of the molecule is Cc1cccc(NC(=O)c2cccc(OCc3nnnn3C(C)C)c2)c1C. The number of hydrogen-bond donors (Lipinski definition) is 1. The third-order valence-electron chi connectivity index (χ3n) is 4.37. The molecule has 1 amide bonds. The second-order valence-corrected chi connectivity index (χ2v) is 6.65. The molecule has 1 aromatic heterocycles. The van der Waals surface area contributed by atoms with Crippen molar-refractivity contribution in [2.24, 2.45) is 0 Å². The van der Waals surface area contributed by atoms with Gasteiger partial charge in [-0.3, -0.25) is 4.79 Å². The van der Waals surface area contributed by atoms with Gasteiger partial charge in [-0.1, -0.05) is 18.2 Å². The van der Waals surface area contributed by atoms with Crippen molar-refractivity contribution < 1.29 is 9.53 Å². The van der Waals surface area contributed by atoms with Gasteiger partial charge in [-0.25, -0.2) is 4.68 Å². The van der Waals surface area contributed by atoms with Crippen LogP contribution in [0.3, 0.4) is 0 Å². The first-order valence-electron chi connectivity index (χ1n) is 8.83. The molecule has 7 heteroatoms. The molecule has 0 fully saturated rings. The Morgan fingerprint density at radius 3 is 2.74 bits per heavy atom. The van der Waals surface area contributed by atoms with Crippen molar-refractivity contribution in [3.05, 3.63) is 65.0 Å². The molecule has 0 spiro atoms. The van der Waals surface area contributed by atoms with E-state index in [1.165, 1.54) is 0 Å². The van der Waals surface area contributed by atoms with Gasteiger partial charge >= 0.3 is 0 Å². The number of nitrogens with zero attached hydrogens (tertiary/aromatic N) is 4. The summed E-state index contributed by atoms with van der Waals surface area (Å²) in [6, 6.07) is 13.0. The summed E-state index contributed by atoms with van der Waals surface area (Å²) in [5.74, 6) is 1.04. The lowest BCUT2D eigenvalue weighted by atomic mass is 10.1. The molecule has 7 nitrogen and oxygen atoms in total. The van der Waals surface area contributed by atoms with E-state index in [4.69, 9.17) is 4.74 Å². The molecule has 0 radical (unpaired) electrons. The van der Waals surface area contributed by atoms with Crippen LogP contribution in [0.1, 0.15) is 47.2 Å². The molecular weight excluding hydrogens is 342 g/mol. The fourth-order valence-electron chi connectivity index (χ4n) is 2.66. The zero-order valence-electron chi connectivity index (χ0n) is 15.9. The normalized spacial score (nSPS) is 10.9. The molecule has 0 aliphatic carbocycles. The second kappa shape index (κ2) is 7.99. The summed E-state index contributed by atoms with van der Waals surface area (Å²) in [5.41, 5.74) is 3.52. The number of rotatable bonds is 6. The molecule has 0 aliphatic heterocycles. The Bertz CT molecular complexity index is 949. The predicted molar refractivity (Wildman–Crippen MR) is 103 cm³/mol. The number of carbonyl (C=O) groups excluding carboxylic acids is 1. The quantitative estimate of drug-likeness (QED) is 0.720. The first kappa shape index (κ1) is 18.6. The topological polar surface area (TPSA) is 81.9 Å². The number of benzene rings is 2. The fourth-order valence-corrected chi connectivity index (χ4v) is 2.66. The molecule has 2 aromatic carbocycles. The van der Waals surface area contributed by atoms with Crippen LogP contribution in [0.4, 0.5) is 5.69 Å². The summed E-state index contributed by atoms with van der Waals surface area (Å²) in [7, 11) is 0. The molecule has 3 aromatic rings. The van der Waals surface area contributed by atoms with Crippen LogP contribution in [0, 0.1) is 13.8 Å². The Kier molecular flexibility index (Phi) is 5.49. The van der Waals surface area contributed by atoms with Gasteiger partial charge in [-0.2, -0.15) is 0 Å². The monoisotopic (exact) mass is 365 g/mol. The number of aromatic nitrogens is 4. The smallest absolute Gasteiger partial charge is 0.255 e. The molecule has 0 saturated carbocycles. The first-order chi connectivity index (χ1) is 13.0. The van der Waals surface area contributed by atoms with Gasteiger partial charge in [-0.05, 0) is 73.5 Å². The van der Waals surface area contributed by atoms with Crippen molar-refractivity contribution in [3.8, 4) is 5.75 Å². The Morgan fingerprint density at radius 1 is 1.19 bits per heavy atom. The van der Waals surface area contributed by atoms with E-state index in [1.807, 2.05) is 45.9 Å². The fraction of sp³-hybridized carbons (Fsp3) is 0.300. The van der Waals surface area contributed by atoms with Crippen LogP contribution in [-0.4, -0.2) is 26.1 Å². The number of anilines is 1. The van der Waals surface area contributed by atoms with Gasteiger partial charge in [0, 0.05) is 11.3 Å². The van der Waals surface area contributed by atoms with Crippen molar-refractivity contribution in [2.75, 3.05) is 5.32 Å². The molecule has 27 heavy (non-hydrogen) atoms. The average molecular weight is 365 g/mol. The number of ether oxygens (including phenoxy) is 1. The van der Waals surface area contributed by atoms with Gasteiger partial charge in [0.25, 0.3) is 5.91 Å². The van der Waals surface area contributed by atoms with Crippen LogP contribution in [0.25, 0.3) is 0 Å². The van der Waals surface area contributed by atoms with E-state index in [1.54, 1.807) is 28.9 Å². The molecular formula is C20H23N5O2. The van der Waals surface area contributed by atoms with E-state index in [0.717, 1.165) is 16.8 Å². The van der Waals surface area contributed by atoms with E-state index in [-0.39, 0.29) is 18.6 Å². The highest BCUT2D eigenvalue weighted by Gasteiger charge is 2.12. The number of hydrogen-bond acceptors (Lipinski definition) is 5. The highest BCUT2D eigenvalue weighted by Crippen LogP contribution is 2.20. The maximum absolute atomic E-state index is 12.6. The largest absolute Gasteiger partial charge is 0.486 e. The van der Waals surface area contributed by atoms with Gasteiger partial charge in [0.2, 0.25) is 0 Å². The number of tetrazole rings is 1. The summed E-state index contributed by atoms with van der Waals surface area (Å²) >= 11 is 0. The summed E-state index contributed by atoms with van der Waals surface area (Å²) in [4.78, 5) is 12.6. The van der Waals surface area contributed by atoms with E-state index in [9.17, 15) is 4.79 Å². The van der Waals surface area contributed by atoms with Crippen molar-refractivity contribution in [2.45, 2.75) is 40.3 Å². The number of amides is 1. The standard InChI is InChI=1S/C20H23N5O2/c1-13(2)25-19(22-23-24-25)12-27-17-9-6-8-16(11-17)20(26)21-18-10-5-7-14(3)15(18)4/h5-11,13H,12H2,1-4H3,(H,21,26). The van der Waals surface area contributed by atoms with E-state index in [2.05, 4.69) is 20.8 Å². The van der Waals surface area contributed by atoms with Gasteiger partial charge in [0.15, 0.2) is 5.82 Å². The molecule has 1 N–H and O–H groups in total. The Labute approximate surface area is 158 Å². The number of aryl methyl sites for hydroxylation is 1. The van der Waals surface area contributed by atoms with E-state index >= 15 is 0 Å². The van der Waals surface area contributed by atoms with Gasteiger partial charge in [0.05, 0.1) is 6.04 Å². The summed E-state index contributed by atoms with van der Waals surface area (Å²) in [5, 5.41) is 14.6. The van der Waals surface area contributed by atoms with Crippen molar-refractivity contribution >= 4 is 11.6 Å². The maximum Gasteiger partial charge on any atom is 0.255 e. The molecule has 3 rings (SSSR count). The van der Waals surface area contributed by atoms with E-state index < -0.39 is 0 Å². The highest BCUT2D eigenvalue weighted by atomic mass is 16.5. The minimum absolute atomic E-state index is 0.147. The lowest BCUT2D eigenvalue weighted by molar-refractivity contribution is 0.102. The second-order valence-electron chi connectivity index (χ2n) is 6.65. The number of carbonyl (C=O) groups is 1. The van der Waals surface area contributed by atoms with Gasteiger partial charge < -0.3 is 10.1 Å². The third-order valence-corrected chi connectivity index (χ3v) is 4.37. The van der Waals surface area contributed by atoms with Crippen LogP contribution in [0.5, 0.6) is 5.75 Å². The molecule has 0 saturated heterocycles. The average Bonchev–Trinajstić information content (AvgIpc) is 3.13. The van der Waals surface area contributed by atoms with Crippen LogP contribution in [0.2, 0.25) is 0 Å². The van der Waals surface area contributed by atoms with Crippen molar-refractivity contribution in [1.82, 2.24) is 20.2 Å². The zero-order chi connectivity index (χ0) is 19.4. The summed E-state index contributed by atoms with van der Waals surface area (Å²) in [6.45, 7) is 8.23. The molecule has 1 heterocycles. The van der Waals surface area contributed by atoms with Crippen LogP contribution >= 0.6 is 0 Å². The molecule has 140 valence electrons. The first-order valence-corrected chi connectivity index (χ1v) is 8.83. The van der Waals surface area contributed by atoms with Crippen LogP contribution in [0.15, 0.2) is 42.5 Å². The van der Waals surface area contributed by atoms with Gasteiger partial charge in [-0.15, -0.1) is 5.10 Å². The van der Waals surface area contributed by atoms with E-state index in [0.29, 0.717) is 17.1 Å². The van der Waals surface area contributed by atoms with Crippen LogP contribution < -0.4 is 10.1 Å². The summed E-state index contributed by atoms with van der Waals surface area (Å²) < 4.78 is 7.49. The molecule has 0 atom stereocenters. The lowest BCUT2D eigenvalue weighted by Gasteiger charge is -2.12. The molecule has 0 bridgehead atoms. The Balaban J connectivity index is 1.70. The highest BCUT2D eigenvalue weighted by molar-refractivity contribution is 6.04. The van der Waals surface area contributed by atoms with Crippen molar-refractivity contribution in [3.63, 3.8) is 0 Å². The maximum atomic E-state index is 12.6. The minimum Gasteiger partial charge on any atom is -0.486 e.